The second-order valence-corrected chi connectivity index (χ2v) is 8.54. The fraction of sp³-hybridized carbons (Fsp3) is 0.100. The molecule has 0 atom stereocenters. The SMILES string of the molecule is O=C(NCc1ccccc1)c1ccccc1NC(=S)NC(=O)c1ccccc1OCCOc1ccccc1. The summed E-state index contributed by atoms with van der Waals surface area (Å²) in [6, 6.07) is 32.9. The maximum Gasteiger partial charge on any atom is 0.261 e. The van der Waals surface area contributed by atoms with Crippen molar-refractivity contribution in [3.05, 3.63) is 126 Å². The van der Waals surface area contributed by atoms with Crippen LogP contribution in [0.5, 0.6) is 11.5 Å². The minimum Gasteiger partial charge on any atom is -0.490 e. The lowest BCUT2D eigenvalue weighted by Crippen LogP contribution is -2.35. The number of benzene rings is 4. The predicted octanol–water partition coefficient (Wildman–Crippen LogP) is 5.20. The molecule has 0 saturated carbocycles. The van der Waals surface area contributed by atoms with Crippen molar-refractivity contribution < 1.29 is 19.1 Å². The molecule has 4 aromatic rings. The van der Waals surface area contributed by atoms with Crippen molar-refractivity contribution in [1.29, 1.82) is 0 Å². The van der Waals surface area contributed by atoms with E-state index in [9.17, 15) is 9.59 Å². The average molecular weight is 526 g/mol. The summed E-state index contributed by atoms with van der Waals surface area (Å²) < 4.78 is 11.4. The van der Waals surface area contributed by atoms with Crippen LogP contribution in [0.2, 0.25) is 0 Å². The Hall–Kier alpha value is -4.69. The molecule has 0 heterocycles. The fourth-order valence-electron chi connectivity index (χ4n) is 3.60. The van der Waals surface area contributed by atoms with Crippen LogP contribution in [0, 0.1) is 0 Å². The van der Waals surface area contributed by atoms with Gasteiger partial charge < -0.3 is 20.1 Å². The van der Waals surface area contributed by atoms with Gasteiger partial charge in [0.2, 0.25) is 0 Å². The molecule has 0 unspecified atom stereocenters. The van der Waals surface area contributed by atoms with Crippen molar-refractivity contribution in [2.45, 2.75) is 6.54 Å². The Morgan fingerprint density at radius 2 is 1.26 bits per heavy atom. The highest BCUT2D eigenvalue weighted by molar-refractivity contribution is 7.80. The zero-order chi connectivity index (χ0) is 26.6. The predicted molar refractivity (Wildman–Crippen MR) is 152 cm³/mol. The lowest BCUT2D eigenvalue weighted by Gasteiger charge is -2.15. The summed E-state index contributed by atoms with van der Waals surface area (Å²) in [4.78, 5) is 25.8. The van der Waals surface area contributed by atoms with Gasteiger partial charge in [-0.1, -0.05) is 72.8 Å². The Morgan fingerprint density at radius 1 is 0.658 bits per heavy atom. The molecule has 7 nitrogen and oxygen atoms in total. The zero-order valence-electron chi connectivity index (χ0n) is 20.6. The van der Waals surface area contributed by atoms with E-state index in [1.807, 2.05) is 60.7 Å². The van der Waals surface area contributed by atoms with Gasteiger partial charge in [0, 0.05) is 6.54 Å². The van der Waals surface area contributed by atoms with Crippen LogP contribution in [-0.4, -0.2) is 30.1 Å². The standard InChI is InChI=1S/C30H27N3O4S/c34-28(31-21-22-11-3-1-4-12-22)24-15-7-9-17-26(24)32-30(38)33-29(35)25-16-8-10-18-27(25)37-20-19-36-23-13-5-2-6-14-23/h1-18H,19-21H2,(H,31,34)(H2,32,33,35,38). The number of nitrogens with one attached hydrogen (secondary N) is 3. The van der Waals surface area contributed by atoms with Crippen molar-refractivity contribution in [3.63, 3.8) is 0 Å². The first-order chi connectivity index (χ1) is 18.6. The number of amides is 2. The molecule has 192 valence electrons. The number of rotatable bonds is 10. The van der Waals surface area contributed by atoms with Crippen molar-refractivity contribution in [3.8, 4) is 11.5 Å². The van der Waals surface area contributed by atoms with E-state index in [0.717, 1.165) is 11.3 Å². The van der Waals surface area contributed by atoms with Gasteiger partial charge >= 0.3 is 0 Å². The largest absolute Gasteiger partial charge is 0.490 e. The average Bonchev–Trinajstić information content (AvgIpc) is 2.95. The molecule has 4 rings (SSSR count). The van der Waals surface area contributed by atoms with E-state index in [1.54, 1.807) is 48.5 Å². The molecule has 4 aromatic carbocycles. The molecule has 0 aliphatic carbocycles. The van der Waals surface area contributed by atoms with E-state index in [2.05, 4.69) is 16.0 Å². The van der Waals surface area contributed by atoms with Crippen molar-refractivity contribution in [1.82, 2.24) is 10.6 Å². The first-order valence-electron chi connectivity index (χ1n) is 12.0. The molecule has 8 heteroatoms. The van der Waals surface area contributed by atoms with Crippen molar-refractivity contribution >= 4 is 34.8 Å². The smallest absolute Gasteiger partial charge is 0.261 e. The van der Waals surface area contributed by atoms with E-state index in [4.69, 9.17) is 21.7 Å². The highest BCUT2D eigenvalue weighted by Crippen LogP contribution is 2.19. The molecule has 0 bridgehead atoms. The Balaban J connectivity index is 1.32. The van der Waals surface area contributed by atoms with Gasteiger partial charge in [-0.25, -0.2) is 0 Å². The van der Waals surface area contributed by atoms with E-state index in [1.165, 1.54) is 0 Å². The van der Waals surface area contributed by atoms with Crippen molar-refractivity contribution in [2.75, 3.05) is 18.5 Å². The molecular weight excluding hydrogens is 498 g/mol. The fourth-order valence-corrected chi connectivity index (χ4v) is 3.80. The number of carbonyl (C=O) groups excluding carboxylic acids is 2. The summed E-state index contributed by atoms with van der Waals surface area (Å²) >= 11 is 5.37. The van der Waals surface area contributed by atoms with Crippen LogP contribution >= 0.6 is 12.2 Å². The molecular formula is C30H27N3O4S. The minimum atomic E-state index is -0.437. The highest BCUT2D eigenvalue weighted by atomic mass is 32.1. The number of thiocarbonyl (C=S) groups is 1. The van der Waals surface area contributed by atoms with Gasteiger partial charge in [-0.3, -0.25) is 14.9 Å². The summed E-state index contributed by atoms with van der Waals surface area (Å²) in [7, 11) is 0. The molecule has 0 aromatic heterocycles. The van der Waals surface area contributed by atoms with Gasteiger partial charge in [-0.15, -0.1) is 0 Å². The van der Waals surface area contributed by atoms with E-state index in [-0.39, 0.29) is 17.6 Å². The quantitative estimate of drug-likeness (QED) is 0.195. The topological polar surface area (TPSA) is 88.7 Å². The number of para-hydroxylation sites is 3. The zero-order valence-corrected chi connectivity index (χ0v) is 21.4. The Labute approximate surface area is 226 Å². The van der Waals surface area contributed by atoms with Gasteiger partial charge in [0.05, 0.1) is 16.8 Å². The number of ether oxygens (including phenoxy) is 2. The third-order valence-electron chi connectivity index (χ3n) is 5.43. The normalized spacial score (nSPS) is 10.2. The van der Waals surface area contributed by atoms with Crippen LogP contribution < -0.4 is 25.4 Å². The van der Waals surface area contributed by atoms with Gasteiger partial charge in [0.1, 0.15) is 24.7 Å². The first-order valence-corrected chi connectivity index (χ1v) is 12.4. The van der Waals surface area contributed by atoms with Gasteiger partial charge in [-0.2, -0.15) is 0 Å². The summed E-state index contributed by atoms with van der Waals surface area (Å²) in [5, 5.41) is 8.58. The molecule has 0 saturated heterocycles. The van der Waals surface area contributed by atoms with Crippen LogP contribution in [0.4, 0.5) is 5.69 Å². The summed E-state index contributed by atoms with van der Waals surface area (Å²) in [5.74, 6) is 0.452. The third kappa shape index (κ3) is 7.65. The van der Waals surface area contributed by atoms with Gasteiger partial charge in [0.15, 0.2) is 5.11 Å². The number of anilines is 1. The molecule has 38 heavy (non-hydrogen) atoms. The van der Waals surface area contributed by atoms with Gasteiger partial charge in [-0.05, 0) is 54.2 Å². The Bertz CT molecular complexity index is 1380. The first kappa shape index (κ1) is 26.4. The van der Waals surface area contributed by atoms with E-state index < -0.39 is 5.91 Å². The highest BCUT2D eigenvalue weighted by Gasteiger charge is 2.16. The molecule has 0 radical (unpaired) electrons. The maximum absolute atomic E-state index is 13.0. The van der Waals surface area contributed by atoms with Crippen molar-refractivity contribution in [2.24, 2.45) is 0 Å². The second kappa shape index (κ2) is 13.6. The summed E-state index contributed by atoms with van der Waals surface area (Å²) in [6.07, 6.45) is 0. The molecule has 0 spiro atoms. The minimum absolute atomic E-state index is 0.0560. The molecule has 0 aliphatic rings. The Morgan fingerprint density at radius 3 is 2.03 bits per heavy atom. The Kier molecular flexibility index (Phi) is 9.42. The molecule has 0 fully saturated rings. The lowest BCUT2D eigenvalue weighted by atomic mass is 10.1. The monoisotopic (exact) mass is 525 g/mol. The van der Waals surface area contributed by atoms with Crippen LogP contribution in [0.1, 0.15) is 26.3 Å². The summed E-state index contributed by atoms with van der Waals surface area (Å²) in [6.45, 7) is 0.971. The number of hydrogen-bond donors (Lipinski definition) is 3. The number of carbonyl (C=O) groups is 2. The van der Waals surface area contributed by atoms with Gasteiger partial charge in [0.25, 0.3) is 11.8 Å². The van der Waals surface area contributed by atoms with Crippen LogP contribution in [0.15, 0.2) is 109 Å². The summed E-state index contributed by atoms with van der Waals surface area (Å²) in [5.41, 5.74) is 2.19. The van der Waals surface area contributed by atoms with Crippen LogP contribution in [0.25, 0.3) is 0 Å². The maximum atomic E-state index is 13.0. The van der Waals surface area contributed by atoms with Crippen LogP contribution in [-0.2, 0) is 6.54 Å². The molecule has 3 N–H and O–H groups in total. The molecule has 0 aliphatic heterocycles. The molecule has 2 amide bonds. The lowest BCUT2D eigenvalue weighted by molar-refractivity contribution is 0.0949. The third-order valence-corrected chi connectivity index (χ3v) is 5.63. The van der Waals surface area contributed by atoms with Crippen LogP contribution in [0.3, 0.4) is 0 Å². The second-order valence-electron chi connectivity index (χ2n) is 8.13. The number of hydrogen-bond acceptors (Lipinski definition) is 5. The van der Waals surface area contributed by atoms with E-state index >= 15 is 0 Å². The van der Waals surface area contributed by atoms with E-state index in [0.29, 0.717) is 35.7 Å².